The zero-order valence-electron chi connectivity index (χ0n) is 23.4. The van der Waals surface area contributed by atoms with Gasteiger partial charge < -0.3 is 0 Å². The molecule has 0 radical (unpaired) electrons. The van der Waals surface area contributed by atoms with Crippen molar-refractivity contribution >= 4 is 32.5 Å². The minimum atomic E-state index is -2.57. The van der Waals surface area contributed by atoms with E-state index in [9.17, 15) is 0 Å². The molecule has 0 nitrogen and oxygen atoms in total. The first-order chi connectivity index (χ1) is 15.8. The second kappa shape index (κ2) is 17.2. The second-order valence-electron chi connectivity index (χ2n) is 11.3. The summed E-state index contributed by atoms with van der Waals surface area (Å²) in [6.45, 7) is 17.4. The summed E-state index contributed by atoms with van der Waals surface area (Å²) < 4.78 is 6.60. The van der Waals surface area contributed by atoms with Crippen LogP contribution in [0.4, 0.5) is 0 Å². The monoisotopic (exact) mass is 576 g/mol. The topological polar surface area (TPSA) is 0 Å². The van der Waals surface area contributed by atoms with Crippen molar-refractivity contribution in [1.29, 1.82) is 0 Å². The summed E-state index contributed by atoms with van der Waals surface area (Å²) in [5.74, 6) is 0. The van der Waals surface area contributed by atoms with E-state index in [0.29, 0.717) is 0 Å². The van der Waals surface area contributed by atoms with Crippen LogP contribution in [0.5, 0.6) is 0 Å². The van der Waals surface area contributed by atoms with E-state index >= 15 is 0 Å². The number of unbranched alkanes of at least 4 members (excludes halogenated alkanes) is 7. The zero-order chi connectivity index (χ0) is 24.6. The molecule has 0 fully saturated rings. The molecule has 0 aliphatic rings. The van der Waals surface area contributed by atoms with Gasteiger partial charge >= 0.3 is 215 Å². The number of hydrogen-bond donors (Lipinski definition) is 0. The van der Waals surface area contributed by atoms with E-state index in [0.717, 1.165) is 0 Å². The molecule has 0 heterocycles. The van der Waals surface area contributed by atoms with E-state index in [-0.39, 0.29) is 0 Å². The van der Waals surface area contributed by atoms with Gasteiger partial charge in [0.25, 0.3) is 0 Å². The fraction of sp³-hybridized carbons (Fsp3) is 0.677. The van der Waals surface area contributed by atoms with Gasteiger partial charge in [-0.25, -0.2) is 0 Å². The summed E-state index contributed by atoms with van der Waals surface area (Å²) in [6.07, 6.45) is 20.6. The molecule has 0 aromatic heterocycles. The minimum absolute atomic E-state index is 1.28. The van der Waals surface area contributed by atoms with Gasteiger partial charge in [0.1, 0.15) is 0 Å². The van der Waals surface area contributed by atoms with Gasteiger partial charge in [0.2, 0.25) is 0 Å². The zero-order valence-corrected chi connectivity index (χ0v) is 27.3. The molecule has 0 atom stereocenters. The molecule has 0 saturated heterocycles. The molecule has 0 saturated carbocycles. The molecule has 33 heavy (non-hydrogen) atoms. The summed E-state index contributed by atoms with van der Waals surface area (Å²) in [4.78, 5) is 0. The van der Waals surface area contributed by atoms with Crippen LogP contribution in [0.25, 0.3) is 6.08 Å². The number of benzene rings is 1. The predicted octanol–water partition coefficient (Wildman–Crippen LogP) is 11.2. The van der Waals surface area contributed by atoms with Crippen LogP contribution in [-0.4, -0.2) is 26.5 Å². The Morgan fingerprint density at radius 3 is 1.67 bits per heavy atom. The van der Waals surface area contributed by atoms with Gasteiger partial charge in [-0.2, -0.15) is 0 Å². The summed E-state index contributed by atoms with van der Waals surface area (Å²) in [6, 6.07) is 11.3. The molecule has 1 rings (SSSR count). The molecular weight excluding hydrogens is 519 g/mol. The van der Waals surface area contributed by atoms with Crippen LogP contribution in [0, 0.1) is 0 Å². The first-order valence-corrected chi connectivity index (χ1v) is 25.3. The molecule has 0 aliphatic heterocycles. The summed E-state index contributed by atoms with van der Waals surface area (Å²) >= 11 is -2.57. The summed E-state index contributed by atoms with van der Waals surface area (Å²) in [5, 5.41) is 1.85. The third-order valence-corrected chi connectivity index (χ3v) is 25.7. The van der Waals surface area contributed by atoms with Crippen molar-refractivity contribution in [3.8, 4) is 0 Å². The van der Waals surface area contributed by atoms with Gasteiger partial charge in [0.15, 0.2) is 0 Å². The number of rotatable bonds is 18. The molecule has 0 amide bonds. The molecule has 0 bridgehead atoms. The maximum absolute atomic E-state index is 2.76. The van der Waals surface area contributed by atoms with Crippen molar-refractivity contribution in [3.05, 3.63) is 50.8 Å². The van der Waals surface area contributed by atoms with Crippen LogP contribution in [0.1, 0.15) is 104 Å². The van der Waals surface area contributed by atoms with Crippen molar-refractivity contribution < 1.29 is 0 Å². The Bertz CT molecular complexity index is 659. The van der Waals surface area contributed by atoms with E-state index in [1.165, 1.54) is 76.2 Å². The van der Waals surface area contributed by atoms with Crippen LogP contribution < -0.4 is 0 Å². The third kappa shape index (κ3) is 11.3. The van der Waals surface area contributed by atoms with Gasteiger partial charge in [0, 0.05) is 0 Å². The average molecular weight is 576 g/mol. The van der Waals surface area contributed by atoms with Crippen LogP contribution in [-0.2, 0) is 0 Å². The normalized spacial score (nSPS) is 13.5. The van der Waals surface area contributed by atoms with Gasteiger partial charge in [0.05, 0.1) is 0 Å². The molecule has 0 unspecified atom stereocenters. The van der Waals surface area contributed by atoms with E-state index in [1.807, 2.05) is 8.79 Å². The molecule has 0 aliphatic carbocycles. The Balaban J connectivity index is 3.65. The third-order valence-electron chi connectivity index (χ3n) is 7.21. The Hall–Kier alpha value is -0.284. The second-order valence-corrected chi connectivity index (χ2v) is 29.4. The number of allylic oxidation sites excluding steroid dienone is 3. The Morgan fingerprint density at radius 2 is 1.21 bits per heavy atom. The summed E-state index contributed by atoms with van der Waals surface area (Å²) in [7, 11) is -1.45. The molecule has 188 valence electrons. The fourth-order valence-electron chi connectivity index (χ4n) is 5.19. The molecule has 2 heteroatoms. The average Bonchev–Trinajstić information content (AvgIpc) is 2.80. The van der Waals surface area contributed by atoms with Gasteiger partial charge in [-0.1, -0.05) is 0 Å². The first kappa shape index (κ1) is 30.7. The van der Waals surface area contributed by atoms with E-state index in [4.69, 9.17) is 0 Å². The van der Waals surface area contributed by atoms with Crippen LogP contribution in [0.15, 0.2) is 45.2 Å². The predicted molar refractivity (Wildman–Crippen MR) is 160 cm³/mol. The van der Waals surface area contributed by atoms with E-state index < -0.39 is 26.5 Å². The molecular formula is C31H56SiSn. The molecule has 1 aromatic carbocycles. The van der Waals surface area contributed by atoms with Crippen LogP contribution >= 0.6 is 0 Å². The van der Waals surface area contributed by atoms with Crippen molar-refractivity contribution in [2.45, 2.75) is 131 Å². The molecule has 1 aromatic rings. The van der Waals surface area contributed by atoms with Gasteiger partial charge in [-0.05, 0) is 0 Å². The maximum atomic E-state index is 2.76. The van der Waals surface area contributed by atoms with Crippen molar-refractivity contribution in [2.24, 2.45) is 0 Å². The van der Waals surface area contributed by atoms with E-state index in [2.05, 4.69) is 89.8 Å². The Labute approximate surface area is 213 Å². The van der Waals surface area contributed by atoms with Crippen molar-refractivity contribution in [2.75, 3.05) is 0 Å². The quantitative estimate of drug-likeness (QED) is 0.0928. The van der Waals surface area contributed by atoms with Crippen LogP contribution in [0.2, 0.25) is 33.0 Å². The SMILES string of the molecule is CCCCCC/C=C(/[C](=C/c1ccccc1)[Sn]([CH2]CCC)([CH2]CCC)[CH2]CCC)[Si](C)(C)C. The number of hydrogen-bond acceptors (Lipinski definition) is 0. The standard InChI is InChI=1S/C19H29Si.3C4H9.Sn/c1-5-6-7-8-12-15-19(20(2,3)4)17-16-18-13-10-9-11-14-18;3*1-3-4-2;/h9-11,13-16H,5-8,12H2,1-4H3;3*1,3-4H2,2H3;/b17-16?,19-15-;;;;. The first-order valence-electron chi connectivity index (χ1n) is 14.3. The summed E-state index contributed by atoms with van der Waals surface area (Å²) in [5.41, 5.74) is 1.44. The van der Waals surface area contributed by atoms with Crippen molar-refractivity contribution in [1.82, 2.24) is 0 Å². The van der Waals surface area contributed by atoms with Crippen LogP contribution in [0.3, 0.4) is 0 Å². The molecule has 0 spiro atoms. The Morgan fingerprint density at radius 1 is 0.697 bits per heavy atom. The fourth-order valence-corrected chi connectivity index (χ4v) is 28.4. The van der Waals surface area contributed by atoms with Gasteiger partial charge in [-0.3, -0.25) is 0 Å². The Kier molecular flexibility index (Phi) is 16.0. The van der Waals surface area contributed by atoms with E-state index in [1.54, 1.807) is 13.3 Å². The van der Waals surface area contributed by atoms with Crippen molar-refractivity contribution in [3.63, 3.8) is 0 Å². The molecule has 0 N–H and O–H groups in total. The van der Waals surface area contributed by atoms with Gasteiger partial charge in [-0.15, -0.1) is 0 Å².